The Balaban J connectivity index is 2.74. The maximum atomic E-state index is 6.08. The van der Waals surface area contributed by atoms with E-state index in [4.69, 9.17) is 11.6 Å². The summed E-state index contributed by atoms with van der Waals surface area (Å²) in [6, 6.07) is 10.3. The molecule has 1 N–H and O–H groups in total. The van der Waals surface area contributed by atoms with Gasteiger partial charge in [0.15, 0.2) is 0 Å². The van der Waals surface area contributed by atoms with Crippen molar-refractivity contribution in [2.24, 2.45) is 0 Å². The molecule has 0 fully saturated rings. The molecule has 1 rings (SSSR count). The molecule has 0 bridgehead atoms. The number of hydrogen-bond donors (Lipinski definition) is 1. The molecule has 0 aliphatic carbocycles. The van der Waals surface area contributed by atoms with Gasteiger partial charge in [-0.3, -0.25) is 0 Å². The van der Waals surface area contributed by atoms with Gasteiger partial charge >= 0.3 is 0 Å². The Labute approximate surface area is 104 Å². The highest BCUT2D eigenvalue weighted by Gasteiger charge is 2.23. The summed E-state index contributed by atoms with van der Waals surface area (Å²) in [5, 5.41) is 3.49. The molecule has 1 aromatic rings. The summed E-state index contributed by atoms with van der Waals surface area (Å²) in [5.74, 6) is 0.563. The van der Waals surface area contributed by atoms with Gasteiger partial charge in [-0.25, -0.2) is 0 Å². The van der Waals surface area contributed by atoms with Crippen molar-refractivity contribution in [2.75, 3.05) is 12.4 Å². The van der Waals surface area contributed by atoms with Crippen molar-refractivity contribution in [1.82, 2.24) is 5.32 Å². The Morgan fingerprint density at radius 2 is 1.94 bits per heavy atom. The fourth-order valence-electron chi connectivity index (χ4n) is 1.51. The van der Waals surface area contributed by atoms with Crippen LogP contribution in [0.3, 0.4) is 0 Å². The molecule has 0 saturated carbocycles. The highest BCUT2D eigenvalue weighted by Crippen LogP contribution is 2.21. The standard InChI is InChI=1S/C14H20ClN/c1-12(2)9-10-16-14(3,11-15)13-7-5-4-6-8-13/h4-9,16H,10-11H2,1-3H3. The molecule has 2 heteroatoms. The van der Waals surface area contributed by atoms with Gasteiger partial charge in [-0.15, -0.1) is 11.6 Å². The second-order valence-corrected chi connectivity index (χ2v) is 4.76. The summed E-state index contributed by atoms with van der Waals surface area (Å²) in [5.41, 5.74) is 2.39. The van der Waals surface area contributed by atoms with Gasteiger partial charge in [0, 0.05) is 12.4 Å². The minimum Gasteiger partial charge on any atom is -0.303 e. The molecular formula is C14H20ClN. The Kier molecular flexibility index (Phi) is 5.04. The normalized spacial score (nSPS) is 14.2. The SMILES string of the molecule is CC(C)=CCNC(C)(CCl)c1ccccc1. The van der Waals surface area contributed by atoms with Crippen LogP contribution >= 0.6 is 11.6 Å². The number of alkyl halides is 1. The third-order valence-corrected chi connectivity index (χ3v) is 3.22. The van der Waals surface area contributed by atoms with Gasteiger partial charge in [0.25, 0.3) is 0 Å². The van der Waals surface area contributed by atoms with Crippen LogP contribution in [0.25, 0.3) is 0 Å². The number of allylic oxidation sites excluding steroid dienone is 1. The third kappa shape index (κ3) is 3.66. The van der Waals surface area contributed by atoms with E-state index in [1.54, 1.807) is 0 Å². The van der Waals surface area contributed by atoms with Gasteiger partial charge in [0.1, 0.15) is 0 Å². The van der Waals surface area contributed by atoms with Gasteiger partial charge in [0.05, 0.1) is 5.54 Å². The number of rotatable bonds is 5. The first-order valence-corrected chi connectivity index (χ1v) is 6.12. The molecule has 1 nitrogen and oxygen atoms in total. The quantitative estimate of drug-likeness (QED) is 0.608. The van der Waals surface area contributed by atoms with E-state index in [1.165, 1.54) is 11.1 Å². The van der Waals surface area contributed by atoms with Crippen LogP contribution in [0.5, 0.6) is 0 Å². The maximum absolute atomic E-state index is 6.08. The fourth-order valence-corrected chi connectivity index (χ4v) is 1.76. The molecule has 0 spiro atoms. The second kappa shape index (κ2) is 6.07. The lowest BCUT2D eigenvalue weighted by Crippen LogP contribution is -2.41. The summed E-state index contributed by atoms with van der Waals surface area (Å²) in [7, 11) is 0. The van der Waals surface area contributed by atoms with Gasteiger partial charge in [0.2, 0.25) is 0 Å². The van der Waals surface area contributed by atoms with Crippen molar-refractivity contribution in [1.29, 1.82) is 0 Å². The van der Waals surface area contributed by atoms with Crippen LogP contribution in [0, 0.1) is 0 Å². The van der Waals surface area contributed by atoms with Crippen molar-refractivity contribution in [3.05, 3.63) is 47.5 Å². The zero-order valence-electron chi connectivity index (χ0n) is 10.3. The van der Waals surface area contributed by atoms with Gasteiger partial charge in [-0.05, 0) is 26.3 Å². The fraction of sp³-hybridized carbons (Fsp3) is 0.429. The van der Waals surface area contributed by atoms with Crippen LogP contribution in [-0.2, 0) is 5.54 Å². The molecule has 88 valence electrons. The van der Waals surface area contributed by atoms with E-state index in [0.29, 0.717) is 5.88 Å². The Morgan fingerprint density at radius 3 is 2.44 bits per heavy atom. The largest absolute Gasteiger partial charge is 0.303 e. The molecule has 0 aliphatic rings. The summed E-state index contributed by atoms with van der Waals surface area (Å²) in [4.78, 5) is 0. The zero-order chi connectivity index (χ0) is 12.0. The minimum absolute atomic E-state index is 0.158. The zero-order valence-corrected chi connectivity index (χ0v) is 11.0. The van der Waals surface area contributed by atoms with Gasteiger partial charge in [-0.1, -0.05) is 42.0 Å². The van der Waals surface area contributed by atoms with E-state index in [-0.39, 0.29) is 5.54 Å². The lowest BCUT2D eigenvalue weighted by molar-refractivity contribution is 0.431. The number of halogens is 1. The van der Waals surface area contributed by atoms with Crippen LogP contribution in [0.1, 0.15) is 26.3 Å². The summed E-state index contributed by atoms with van der Waals surface area (Å²) < 4.78 is 0. The lowest BCUT2D eigenvalue weighted by Gasteiger charge is -2.29. The van der Waals surface area contributed by atoms with E-state index < -0.39 is 0 Å². The highest BCUT2D eigenvalue weighted by atomic mass is 35.5. The van der Waals surface area contributed by atoms with E-state index in [1.807, 2.05) is 18.2 Å². The summed E-state index contributed by atoms with van der Waals surface area (Å²) in [6.07, 6.45) is 2.17. The first kappa shape index (κ1) is 13.3. The van der Waals surface area contributed by atoms with Crippen molar-refractivity contribution in [3.8, 4) is 0 Å². The van der Waals surface area contributed by atoms with E-state index in [9.17, 15) is 0 Å². The van der Waals surface area contributed by atoms with E-state index in [0.717, 1.165) is 6.54 Å². The Morgan fingerprint density at radius 1 is 1.31 bits per heavy atom. The average molecular weight is 238 g/mol. The smallest absolute Gasteiger partial charge is 0.0545 e. The topological polar surface area (TPSA) is 12.0 Å². The van der Waals surface area contributed by atoms with Crippen LogP contribution in [0.2, 0.25) is 0 Å². The number of nitrogens with one attached hydrogen (secondary N) is 1. The predicted molar refractivity (Wildman–Crippen MR) is 71.9 cm³/mol. The van der Waals surface area contributed by atoms with E-state index in [2.05, 4.69) is 44.3 Å². The van der Waals surface area contributed by atoms with Crippen molar-refractivity contribution < 1.29 is 0 Å². The average Bonchev–Trinajstić information content (AvgIpc) is 2.29. The molecule has 0 amide bonds. The van der Waals surface area contributed by atoms with Gasteiger partial charge in [-0.2, -0.15) is 0 Å². The van der Waals surface area contributed by atoms with Crippen molar-refractivity contribution in [3.63, 3.8) is 0 Å². The number of benzene rings is 1. The second-order valence-electron chi connectivity index (χ2n) is 4.49. The molecule has 1 unspecified atom stereocenters. The first-order valence-electron chi connectivity index (χ1n) is 5.58. The van der Waals surface area contributed by atoms with E-state index >= 15 is 0 Å². The first-order chi connectivity index (χ1) is 7.58. The van der Waals surface area contributed by atoms with Crippen LogP contribution < -0.4 is 5.32 Å². The summed E-state index contributed by atoms with van der Waals surface area (Å²) in [6.45, 7) is 7.18. The number of hydrogen-bond acceptors (Lipinski definition) is 1. The van der Waals surface area contributed by atoms with Crippen LogP contribution in [-0.4, -0.2) is 12.4 Å². The third-order valence-electron chi connectivity index (χ3n) is 2.68. The molecule has 0 aromatic heterocycles. The Bertz CT molecular complexity index is 341. The molecule has 1 aromatic carbocycles. The maximum Gasteiger partial charge on any atom is 0.0545 e. The van der Waals surface area contributed by atoms with Crippen LogP contribution in [0.15, 0.2) is 42.0 Å². The Hall–Kier alpha value is -0.790. The minimum atomic E-state index is -0.158. The molecule has 0 radical (unpaired) electrons. The lowest BCUT2D eigenvalue weighted by atomic mass is 9.94. The molecule has 1 atom stereocenters. The van der Waals surface area contributed by atoms with Gasteiger partial charge < -0.3 is 5.32 Å². The van der Waals surface area contributed by atoms with Crippen molar-refractivity contribution >= 4 is 11.6 Å². The van der Waals surface area contributed by atoms with Crippen LogP contribution in [0.4, 0.5) is 0 Å². The monoisotopic (exact) mass is 237 g/mol. The molecular weight excluding hydrogens is 218 g/mol. The van der Waals surface area contributed by atoms with Crippen molar-refractivity contribution in [2.45, 2.75) is 26.3 Å². The molecule has 0 aliphatic heterocycles. The highest BCUT2D eigenvalue weighted by molar-refractivity contribution is 6.18. The molecule has 16 heavy (non-hydrogen) atoms. The predicted octanol–water partition coefficient (Wildman–Crippen LogP) is 3.70. The molecule has 0 saturated heterocycles. The summed E-state index contributed by atoms with van der Waals surface area (Å²) >= 11 is 6.08. The molecule has 0 heterocycles.